The molecule has 218 valence electrons. The van der Waals surface area contributed by atoms with Gasteiger partial charge in [0.05, 0.1) is 28.5 Å². The molecule has 1 N–H and O–H groups in total. The van der Waals surface area contributed by atoms with E-state index in [4.69, 9.17) is 4.74 Å². The van der Waals surface area contributed by atoms with Crippen LogP contribution in [0.5, 0.6) is 5.75 Å². The monoisotopic (exact) mass is 594 g/mol. The molecule has 2 aliphatic heterocycles. The molecular formula is C29H27F5N2O4S. The number of benzene rings is 3. The fraction of sp³-hybridized carbons (Fsp3) is 0.345. The summed E-state index contributed by atoms with van der Waals surface area (Å²) in [6, 6.07) is 11.4. The van der Waals surface area contributed by atoms with Gasteiger partial charge in [-0.25, -0.2) is 17.2 Å². The van der Waals surface area contributed by atoms with Crippen LogP contribution in [0.1, 0.15) is 41.3 Å². The highest BCUT2D eigenvalue weighted by Gasteiger charge is 2.36. The lowest BCUT2D eigenvalue weighted by Crippen LogP contribution is -2.39. The first-order valence-corrected chi connectivity index (χ1v) is 14.7. The highest BCUT2D eigenvalue weighted by Crippen LogP contribution is 2.42. The smallest absolute Gasteiger partial charge is 0.416 e. The number of nitrogens with zero attached hydrogens (tertiary/aromatic N) is 1. The Kier molecular flexibility index (Phi) is 7.47. The van der Waals surface area contributed by atoms with Gasteiger partial charge in [0.2, 0.25) is 0 Å². The fourth-order valence-corrected chi connectivity index (χ4v) is 5.93. The Morgan fingerprint density at radius 3 is 2.34 bits per heavy atom. The maximum absolute atomic E-state index is 13.8. The minimum absolute atomic E-state index is 0.0516. The summed E-state index contributed by atoms with van der Waals surface area (Å²) >= 11 is 0. The third-order valence-electron chi connectivity index (χ3n) is 7.36. The van der Waals surface area contributed by atoms with Crippen molar-refractivity contribution >= 4 is 27.1 Å². The number of amides is 1. The number of alkyl halides is 5. The number of carbonyl (C=O) groups is 1. The molecule has 1 amide bonds. The van der Waals surface area contributed by atoms with E-state index in [1.165, 1.54) is 37.3 Å². The molecule has 0 aliphatic carbocycles. The summed E-state index contributed by atoms with van der Waals surface area (Å²) in [5.41, 5.74) is 1.34. The molecule has 3 aromatic carbocycles. The van der Waals surface area contributed by atoms with Crippen LogP contribution in [0.4, 0.5) is 33.3 Å². The number of hydrogen-bond donors (Lipinski definition) is 1. The molecule has 3 aromatic rings. The van der Waals surface area contributed by atoms with Crippen LogP contribution in [0.25, 0.3) is 11.1 Å². The number of nitrogens with one attached hydrogen (secondary N) is 1. The molecule has 0 unspecified atom stereocenters. The summed E-state index contributed by atoms with van der Waals surface area (Å²) in [5, 5.41) is 2.80. The molecule has 0 radical (unpaired) electrons. The van der Waals surface area contributed by atoms with E-state index in [0.29, 0.717) is 30.2 Å². The lowest BCUT2D eigenvalue weighted by Gasteiger charge is -2.34. The predicted octanol–water partition coefficient (Wildman–Crippen LogP) is 6.59. The van der Waals surface area contributed by atoms with E-state index in [0.717, 1.165) is 17.7 Å². The van der Waals surface area contributed by atoms with Gasteiger partial charge >= 0.3 is 6.18 Å². The first kappa shape index (κ1) is 28.8. The molecule has 0 atom stereocenters. The Bertz CT molecular complexity index is 1580. The Labute approximate surface area is 234 Å². The predicted molar refractivity (Wildman–Crippen MR) is 145 cm³/mol. The Balaban J connectivity index is 1.51. The van der Waals surface area contributed by atoms with Gasteiger partial charge in [0, 0.05) is 49.2 Å². The molecular weight excluding hydrogens is 567 g/mol. The van der Waals surface area contributed by atoms with Crippen molar-refractivity contribution in [1.82, 2.24) is 0 Å². The fourth-order valence-electron chi connectivity index (χ4n) is 5.03. The van der Waals surface area contributed by atoms with Crippen molar-refractivity contribution < 1.29 is 39.9 Å². The summed E-state index contributed by atoms with van der Waals surface area (Å²) in [6.07, 6.45) is -4.61. The van der Waals surface area contributed by atoms with E-state index in [1.807, 2.05) is 0 Å². The second-order valence-electron chi connectivity index (χ2n) is 10.1. The maximum atomic E-state index is 13.8. The van der Waals surface area contributed by atoms with E-state index in [-0.39, 0.29) is 53.3 Å². The van der Waals surface area contributed by atoms with Gasteiger partial charge in [-0.3, -0.25) is 4.79 Å². The van der Waals surface area contributed by atoms with Gasteiger partial charge in [-0.1, -0.05) is 19.1 Å². The normalized spacial score (nSPS) is 16.7. The van der Waals surface area contributed by atoms with Crippen LogP contribution in [0.15, 0.2) is 59.5 Å². The van der Waals surface area contributed by atoms with Crippen molar-refractivity contribution in [3.05, 3.63) is 71.3 Å². The summed E-state index contributed by atoms with van der Waals surface area (Å²) in [5.74, 6) is -2.96. The van der Waals surface area contributed by atoms with Crippen molar-refractivity contribution in [2.45, 2.75) is 43.2 Å². The van der Waals surface area contributed by atoms with Gasteiger partial charge < -0.3 is 15.0 Å². The molecule has 0 bridgehead atoms. The van der Waals surface area contributed by atoms with Crippen LogP contribution in [0, 0.1) is 0 Å². The molecule has 0 aromatic heterocycles. The van der Waals surface area contributed by atoms with Crippen molar-refractivity contribution in [2.24, 2.45) is 0 Å². The SMILES string of the molecule is CCS(=O)(=O)c1ccc(C(=O)Nc2cc3c(c(N4CCC(F)(F)CC4)c2)OCC3)c(-c2ccc(C(F)(F)F)cc2)c1. The number of hydrogen-bond acceptors (Lipinski definition) is 5. The zero-order valence-corrected chi connectivity index (χ0v) is 22.8. The second-order valence-corrected chi connectivity index (χ2v) is 12.3. The lowest BCUT2D eigenvalue weighted by molar-refractivity contribution is -0.137. The van der Waals surface area contributed by atoms with Crippen LogP contribution in [0.3, 0.4) is 0 Å². The Morgan fingerprint density at radius 2 is 1.71 bits per heavy atom. The van der Waals surface area contributed by atoms with Crippen molar-refractivity contribution in [1.29, 1.82) is 0 Å². The summed E-state index contributed by atoms with van der Waals surface area (Å²) < 4.78 is 97.9. The minimum atomic E-state index is -4.56. The number of fused-ring (bicyclic) bond motifs is 1. The number of ether oxygens (including phenoxy) is 1. The molecule has 0 saturated carbocycles. The van der Waals surface area contributed by atoms with E-state index >= 15 is 0 Å². The van der Waals surface area contributed by atoms with Gasteiger partial charge in [-0.05, 0) is 53.6 Å². The van der Waals surface area contributed by atoms with Gasteiger partial charge in [0.1, 0.15) is 5.75 Å². The van der Waals surface area contributed by atoms with Crippen molar-refractivity contribution in [3.63, 3.8) is 0 Å². The summed E-state index contributed by atoms with van der Waals surface area (Å²) in [4.78, 5) is 15.3. The quantitative estimate of drug-likeness (QED) is 0.326. The van der Waals surface area contributed by atoms with E-state index in [2.05, 4.69) is 5.32 Å². The van der Waals surface area contributed by atoms with Crippen LogP contribution < -0.4 is 15.0 Å². The zero-order chi connectivity index (χ0) is 29.6. The van der Waals surface area contributed by atoms with E-state index in [9.17, 15) is 35.2 Å². The number of carbonyl (C=O) groups excluding carboxylic acids is 1. The Hall–Kier alpha value is -3.67. The lowest BCUT2D eigenvalue weighted by atomic mass is 9.97. The molecule has 6 nitrogen and oxygen atoms in total. The van der Waals surface area contributed by atoms with Crippen molar-refractivity contribution in [3.8, 4) is 16.9 Å². The standard InChI is InChI=1S/C29H27F5N2O4S/c1-2-41(38,39)22-7-8-23(24(17-22)18-3-5-20(6-4-18)29(32,33)34)27(37)35-21-15-19-9-14-40-26(19)25(16-21)36-12-10-28(30,31)11-13-36/h3-8,15-17H,2,9-14H2,1H3,(H,35,37). The number of halogens is 5. The highest BCUT2D eigenvalue weighted by atomic mass is 32.2. The second kappa shape index (κ2) is 10.6. The van der Waals surface area contributed by atoms with E-state index < -0.39 is 33.4 Å². The topological polar surface area (TPSA) is 75.7 Å². The maximum Gasteiger partial charge on any atom is 0.416 e. The number of sulfone groups is 1. The molecule has 12 heteroatoms. The third kappa shape index (κ3) is 6.02. The first-order chi connectivity index (χ1) is 19.3. The number of piperidine rings is 1. The minimum Gasteiger partial charge on any atom is -0.491 e. The molecule has 0 spiro atoms. The summed E-state index contributed by atoms with van der Waals surface area (Å²) in [7, 11) is -3.68. The van der Waals surface area contributed by atoms with Crippen LogP contribution >= 0.6 is 0 Å². The summed E-state index contributed by atoms with van der Waals surface area (Å²) in [6.45, 7) is 2.11. The van der Waals surface area contributed by atoms with Crippen molar-refractivity contribution in [2.75, 3.05) is 35.7 Å². The number of rotatable bonds is 6. The van der Waals surface area contributed by atoms with Crippen LogP contribution in [0.2, 0.25) is 0 Å². The third-order valence-corrected chi connectivity index (χ3v) is 9.09. The molecule has 5 rings (SSSR count). The largest absolute Gasteiger partial charge is 0.491 e. The van der Waals surface area contributed by atoms with Gasteiger partial charge in [-0.15, -0.1) is 0 Å². The van der Waals surface area contributed by atoms with Crippen LogP contribution in [-0.4, -0.2) is 45.7 Å². The van der Waals surface area contributed by atoms with Crippen LogP contribution in [-0.2, 0) is 22.4 Å². The molecule has 2 heterocycles. The van der Waals surface area contributed by atoms with E-state index in [1.54, 1.807) is 17.0 Å². The highest BCUT2D eigenvalue weighted by molar-refractivity contribution is 7.91. The number of anilines is 2. The van der Waals surface area contributed by atoms with Gasteiger partial charge in [0.25, 0.3) is 11.8 Å². The van der Waals surface area contributed by atoms with Gasteiger partial charge in [-0.2, -0.15) is 13.2 Å². The zero-order valence-electron chi connectivity index (χ0n) is 22.0. The Morgan fingerprint density at radius 1 is 1.02 bits per heavy atom. The molecule has 2 aliphatic rings. The molecule has 1 saturated heterocycles. The first-order valence-electron chi connectivity index (χ1n) is 13.1. The average Bonchev–Trinajstić information content (AvgIpc) is 3.41. The molecule has 41 heavy (non-hydrogen) atoms. The van der Waals surface area contributed by atoms with Gasteiger partial charge in [0.15, 0.2) is 9.84 Å². The molecule has 1 fully saturated rings. The average molecular weight is 595 g/mol.